The van der Waals surface area contributed by atoms with Gasteiger partial charge in [-0.25, -0.2) is 22.4 Å². The van der Waals surface area contributed by atoms with Crippen LogP contribution in [-0.2, 0) is 28.9 Å². The Labute approximate surface area is 232 Å². The average molecular weight is 570 g/mol. The highest BCUT2D eigenvalue weighted by molar-refractivity contribution is 5.85. The van der Waals surface area contributed by atoms with Crippen LogP contribution >= 0.6 is 0 Å². The second-order valence-electron chi connectivity index (χ2n) is 10.0. The Bertz CT molecular complexity index is 1100. The van der Waals surface area contributed by atoms with Crippen molar-refractivity contribution >= 4 is 12.0 Å². The lowest BCUT2D eigenvalue weighted by atomic mass is 9.93. The zero-order valence-corrected chi connectivity index (χ0v) is 23.2. The molecule has 0 spiro atoms. The molecule has 0 aromatic heterocycles. The van der Waals surface area contributed by atoms with Crippen molar-refractivity contribution in [2.24, 2.45) is 0 Å². The van der Waals surface area contributed by atoms with Crippen molar-refractivity contribution in [2.45, 2.75) is 76.5 Å². The predicted octanol–water partition coefficient (Wildman–Crippen LogP) is 4.65. The van der Waals surface area contributed by atoms with Crippen molar-refractivity contribution < 1.29 is 37.0 Å². The molecular formula is C29H39F4N3O4. The summed E-state index contributed by atoms with van der Waals surface area (Å²) >= 11 is 0. The zero-order valence-electron chi connectivity index (χ0n) is 23.2. The number of alkyl carbamates (subject to hydrolysis) is 1. The van der Waals surface area contributed by atoms with Crippen molar-refractivity contribution in [2.75, 3.05) is 20.2 Å². The molecule has 0 saturated carbocycles. The van der Waals surface area contributed by atoms with Gasteiger partial charge >= 0.3 is 6.09 Å². The van der Waals surface area contributed by atoms with Crippen LogP contribution in [0.25, 0.3) is 0 Å². The molecule has 0 heterocycles. The number of ether oxygens (including phenoxy) is 1. The third kappa shape index (κ3) is 11.5. The van der Waals surface area contributed by atoms with Gasteiger partial charge in [-0.05, 0) is 41.7 Å². The highest BCUT2D eigenvalue weighted by atomic mass is 19.3. The first-order chi connectivity index (χ1) is 18.9. The second-order valence-corrected chi connectivity index (χ2v) is 10.0. The number of rotatable bonds is 16. The lowest BCUT2D eigenvalue weighted by molar-refractivity contribution is -0.127. The Kier molecular flexibility index (Phi) is 12.9. The maximum absolute atomic E-state index is 14.5. The zero-order chi connectivity index (χ0) is 29.8. The largest absolute Gasteiger partial charge is 0.453 e. The summed E-state index contributed by atoms with van der Waals surface area (Å²) in [6.45, 7) is 3.58. The number of hydrogen-bond donors (Lipinski definition) is 4. The molecule has 0 radical (unpaired) electrons. The number of unbranched alkanes of at least 4 members (excludes halogenated alkanes) is 1. The van der Waals surface area contributed by atoms with Gasteiger partial charge in [-0.1, -0.05) is 44.5 Å². The SMILES string of the molecule is CCCCC(F)(F)C[C@@H](NC(=O)OC)C(=O)NC[C@](O)(CNCc1cccc(CC)c1)Cc1cc(F)cc(F)c1. The molecule has 40 heavy (non-hydrogen) atoms. The first-order valence-corrected chi connectivity index (χ1v) is 13.3. The molecule has 0 fully saturated rings. The summed E-state index contributed by atoms with van der Waals surface area (Å²) in [5.74, 6) is -5.85. The average Bonchev–Trinajstić information content (AvgIpc) is 2.89. The Morgan fingerprint density at radius 1 is 1.00 bits per heavy atom. The number of alkyl halides is 2. The number of halogens is 4. The van der Waals surface area contributed by atoms with Gasteiger partial charge < -0.3 is 25.8 Å². The first kappa shape index (κ1) is 33.0. The molecule has 11 heteroatoms. The molecule has 2 amide bonds. The number of nitrogens with one attached hydrogen (secondary N) is 3. The van der Waals surface area contributed by atoms with Crippen LogP contribution in [0.1, 0.15) is 56.2 Å². The van der Waals surface area contributed by atoms with E-state index in [9.17, 15) is 32.3 Å². The first-order valence-electron chi connectivity index (χ1n) is 13.3. The van der Waals surface area contributed by atoms with E-state index in [1.807, 2.05) is 31.2 Å². The molecule has 2 aromatic rings. The van der Waals surface area contributed by atoms with E-state index in [-0.39, 0.29) is 24.9 Å². The van der Waals surface area contributed by atoms with E-state index < -0.39 is 60.6 Å². The molecule has 0 aliphatic carbocycles. The minimum Gasteiger partial charge on any atom is -0.453 e. The van der Waals surface area contributed by atoms with E-state index >= 15 is 0 Å². The van der Waals surface area contributed by atoms with Crippen molar-refractivity contribution in [1.29, 1.82) is 0 Å². The summed E-state index contributed by atoms with van der Waals surface area (Å²) in [6, 6.07) is 8.98. The Morgan fingerprint density at radius 2 is 1.68 bits per heavy atom. The van der Waals surface area contributed by atoms with Crippen LogP contribution in [0.4, 0.5) is 22.4 Å². The fourth-order valence-electron chi connectivity index (χ4n) is 4.30. The van der Waals surface area contributed by atoms with E-state index in [2.05, 4.69) is 20.7 Å². The van der Waals surface area contributed by atoms with Gasteiger partial charge in [-0.2, -0.15) is 0 Å². The number of methoxy groups -OCH3 is 1. The number of aliphatic hydroxyl groups is 1. The molecule has 2 aromatic carbocycles. The molecular weight excluding hydrogens is 530 g/mol. The lowest BCUT2D eigenvalue weighted by Crippen LogP contribution is -2.55. The van der Waals surface area contributed by atoms with Crippen molar-refractivity contribution in [3.05, 3.63) is 70.8 Å². The van der Waals surface area contributed by atoms with Gasteiger partial charge in [-0.15, -0.1) is 0 Å². The molecule has 0 unspecified atom stereocenters. The van der Waals surface area contributed by atoms with E-state index in [1.165, 1.54) is 0 Å². The summed E-state index contributed by atoms with van der Waals surface area (Å²) in [6.07, 6.45) is -1.15. The monoisotopic (exact) mass is 569 g/mol. The summed E-state index contributed by atoms with van der Waals surface area (Å²) in [4.78, 5) is 24.7. The molecule has 2 rings (SSSR count). The lowest BCUT2D eigenvalue weighted by Gasteiger charge is -2.30. The van der Waals surface area contributed by atoms with Gasteiger partial charge in [0, 0.05) is 45.0 Å². The van der Waals surface area contributed by atoms with Crippen molar-refractivity contribution in [3.8, 4) is 0 Å². The number of amides is 2. The highest BCUT2D eigenvalue weighted by Crippen LogP contribution is 2.27. The fraction of sp³-hybridized carbons (Fsp3) is 0.517. The predicted molar refractivity (Wildman–Crippen MR) is 144 cm³/mol. The van der Waals surface area contributed by atoms with Crippen LogP contribution < -0.4 is 16.0 Å². The number of carbonyl (C=O) groups is 2. The number of carbonyl (C=O) groups excluding carboxylic acids is 2. The van der Waals surface area contributed by atoms with E-state index in [0.717, 1.165) is 36.8 Å². The maximum atomic E-state index is 14.5. The van der Waals surface area contributed by atoms with Gasteiger partial charge in [-0.3, -0.25) is 4.79 Å². The van der Waals surface area contributed by atoms with Gasteiger partial charge in [0.1, 0.15) is 17.7 Å². The molecule has 7 nitrogen and oxygen atoms in total. The minimum atomic E-state index is -3.23. The summed E-state index contributed by atoms with van der Waals surface area (Å²) in [7, 11) is 1.04. The Balaban J connectivity index is 2.19. The van der Waals surface area contributed by atoms with Crippen molar-refractivity contribution in [3.63, 3.8) is 0 Å². The molecule has 4 N–H and O–H groups in total. The number of aryl methyl sites for hydroxylation is 1. The van der Waals surface area contributed by atoms with Gasteiger partial charge in [0.15, 0.2) is 0 Å². The maximum Gasteiger partial charge on any atom is 0.407 e. The fourth-order valence-corrected chi connectivity index (χ4v) is 4.30. The normalized spacial score (nSPS) is 13.8. The van der Waals surface area contributed by atoms with Crippen LogP contribution in [-0.4, -0.2) is 54.9 Å². The van der Waals surface area contributed by atoms with E-state index in [0.29, 0.717) is 19.0 Å². The molecule has 0 aliphatic rings. The Hall–Kier alpha value is -3.18. The number of hydrogen-bond acceptors (Lipinski definition) is 5. The summed E-state index contributed by atoms with van der Waals surface area (Å²) in [5, 5.41) is 19.1. The smallest absolute Gasteiger partial charge is 0.407 e. The van der Waals surface area contributed by atoms with E-state index in [4.69, 9.17) is 0 Å². The molecule has 0 bridgehead atoms. The second kappa shape index (κ2) is 15.6. The topological polar surface area (TPSA) is 99.7 Å². The summed E-state index contributed by atoms with van der Waals surface area (Å²) in [5.41, 5.74) is 0.439. The quantitative estimate of drug-likeness (QED) is 0.221. The minimum absolute atomic E-state index is 0.108. The third-order valence-electron chi connectivity index (χ3n) is 6.42. The van der Waals surface area contributed by atoms with Crippen LogP contribution in [0.3, 0.4) is 0 Å². The number of benzene rings is 2. The van der Waals surface area contributed by atoms with Crippen LogP contribution in [0.15, 0.2) is 42.5 Å². The van der Waals surface area contributed by atoms with E-state index in [1.54, 1.807) is 6.92 Å². The highest BCUT2D eigenvalue weighted by Gasteiger charge is 2.37. The third-order valence-corrected chi connectivity index (χ3v) is 6.42. The van der Waals surface area contributed by atoms with Crippen LogP contribution in [0, 0.1) is 11.6 Å². The Morgan fingerprint density at radius 3 is 2.30 bits per heavy atom. The molecule has 0 aliphatic heterocycles. The van der Waals surface area contributed by atoms with Gasteiger partial charge in [0.2, 0.25) is 5.91 Å². The molecule has 2 atom stereocenters. The van der Waals surface area contributed by atoms with Gasteiger partial charge in [0.05, 0.1) is 12.7 Å². The molecule has 222 valence electrons. The molecule has 0 saturated heterocycles. The standard InChI is InChI=1S/C29H39F4N3O4/c1-4-6-10-29(32,33)16-25(36-27(38)40-3)26(37)35-19-28(39,15-22-12-23(30)14-24(31)13-22)18-34-17-21-9-7-8-20(5-2)11-21/h7-9,11-14,25,34,39H,4-6,10,15-19H2,1-3H3,(H,35,37)(H,36,38)/t25-,28-/m1/s1. The summed E-state index contributed by atoms with van der Waals surface area (Å²) < 4.78 is 61.1. The van der Waals surface area contributed by atoms with Crippen LogP contribution in [0.5, 0.6) is 0 Å². The van der Waals surface area contributed by atoms with Crippen LogP contribution in [0.2, 0.25) is 0 Å². The van der Waals surface area contributed by atoms with Crippen molar-refractivity contribution in [1.82, 2.24) is 16.0 Å². The van der Waals surface area contributed by atoms with Gasteiger partial charge in [0.25, 0.3) is 5.92 Å².